The van der Waals surface area contributed by atoms with Crippen LogP contribution in [0.1, 0.15) is 36.4 Å². The standard InChI is InChI=1S/C23H16F3N3O2/c24-14-4-6-15(7-5-14)29-23-20(21(28-29)12-1-2-12)16(22(25)26)10-17(27-23)13-3-8-18-19(9-13)31-11-30-18/h3-10,12,22H,1-2,11H2. The second-order valence-corrected chi connectivity index (χ2v) is 7.71. The molecule has 5 nitrogen and oxygen atoms in total. The third kappa shape index (κ3) is 3.01. The predicted octanol–water partition coefficient (Wildman–Crippen LogP) is 5.77. The fourth-order valence-electron chi connectivity index (χ4n) is 3.95. The zero-order valence-electron chi connectivity index (χ0n) is 16.2. The molecule has 0 N–H and O–H groups in total. The highest BCUT2D eigenvalue weighted by atomic mass is 19.3. The van der Waals surface area contributed by atoms with Crippen LogP contribution in [-0.4, -0.2) is 21.6 Å². The maximum atomic E-state index is 14.2. The number of fused-ring (bicyclic) bond motifs is 2. The van der Waals surface area contributed by atoms with Gasteiger partial charge >= 0.3 is 0 Å². The number of aromatic nitrogens is 3. The first-order chi connectivity index (χ1) is 15.1. The van der Waals surface area contributed by atoms with Crippen molar-refractivity contribution in [1.29, 1.82) is 0 Å². The van der Waals surface area contributed by atoms with E-state index in [4.69, 9.17) is 14.5 Å². The van der Waals surface area contributed by atoms with Gasteiger partial charge < -0.3 is 9.47 Å². The van der Waals surface area contributed by atoms with E-state index in [1.807, 2.05) is 0 Å². The van der Waals surface area contributed by atoms with Gasteiger partial charge in [0.25, 0.3) is 6.43 Å². The first kappa shape index (κ1) is 18.2. The molecule has 1 saturated carbocycles. The van der Waals surface area contributed by atoms with Crippen LogP contribution in [0.15, 0.2) is 48.5 Å². The third-order valence-electron chi connectivity index (χ3n) is 5.63. The molecule has 0 radical (unpaired) electrons. The maximum Gasteiger partial charge on any atom is 0.264 e. The minimum Gasteiger partial charge on any atom is -0.454 e. The summed E-state index contributed by atoms with van der Waals surface area (Å²) in [6.07, 6.45) is -0.883. The number of halogens is 3. The zero-order valence-corrected chi connectivity index (χ0v) is 16.2. The van der Waals surface area contributed by atoms with E-state index < -0.39 is 6.43 Å². The summed E-state index contributed by atoms with van der Waals surface area (Å²) in [7, 11) is 0. The molecule has 0 spiro atoms. The number of ether oxygens (including phenoxy) is 2. The van der Waals surface area contributed by atoms with Gasteiger partial charge in [0.1, 0.15) is 5.82 Å². The summed E-state index contributed by atoms with van der Waals surface area (Å²) in [5.41, 5.74) is 2.43. The van der Waals surface area contributed by atoms with Gasteiger partial charge in [-0.1, -0.05) is 0 Å². The number of benzene rings is 2. The van der Waals surface area contributed by atoms with Crippen molar-refractivity contribution in [1.82, 2.24) is 14.8 Å². The van der Waals surface area contributed by atoms with Crippen LogP contribution in [0.2, 0.25) is 0 Å². The van der Waals surface area contributed by atoms with Gasteiger partial charge in [-0.15, -0.1) is 0 Å². The van der Waals surface area contributed by atoms with Gasteiger partial charge in [0.2, 0.25) is 6.79 Å². The van der Waals surface area contributed by atoms with E-state index in [0.29, 0.717) is 45.2 Å². The molecule has 156 valence electrons. The number of rotatable bonds is 4. The zero-order chi connectivity index (χ0) is 21.1. The second kappa shape index (κ2) is 6.73. The highest BCUT2D eigenvalue weighted by molar-refractivity contribution is 5.87. The molecule has 3 heterocycles. The lowest BCUT2D eigenvalue weighted by Crippen LogP contribution is -2.00. The molecular formula is C23H16F3N3O2. The Morgan fingerprint density at radius 2 is 1.74 bits per heavy atom. The maximum absolute atomic E-state index is 14.2. The van der Waals surface area contributed by atoms with Gasteiger partial charge in [0.15, 0.2) is 17.1 Å². The molecule has 0 atom stereocenters. The van der Waals surface area contributed by atoms with Gasteiger partial charge in [-0.05, 0) is 61.4 Å². The van der Waals surface area contributed by atoms with E-state index in [-0.39, 0.29) is 24.1 Å². The average Bonchev–Trinajstić information content (AvgIpc) is 3.38. The van der Waals surface area contributed by atoms with Crippen molar-refractivity contribution in [2.45, 2.75) is 25.2 Å². The molecule has 1 aliphatic carbocycles. The first-order valence-corrected chi connectivity index (χ1v) is 9.96. The van der Waals surface area contributed by atoms with E-state index in [9.17, 15) is 13.2 Å². The van der Waals surface area contributed by atoms with Crippen LogP contribution in [0.5, 0.6) is 11.5 Å². The van der Waals surface area contributed by atoms with E-state index >= 15 is 0 Å². The second-order valence-electron chi connectivity index (χ2n) is 7.71. The van der Waals surface area contributed by atoms with Crippen molar-refractivity contribution in [3.05, 3.63) is 65.6 Å². The summed E-state index contributed by atoms with van der Waals surface area (Å²) in [6.45, 7) is 0.121. The van der Waals surface area contributed by atoms with Gasteiger partial charge in [-0.3, -0.25) is 0 Å². The van der Waals surface area contributed by atoms with E-state index in [1.54, 1.807) is 30.3 Å². The van der Waals surface area contributed by atoms with Crippen LogP contribution in [0.3, 0.4) is 0 Å². The lowest BCUT2D eigenvalue weighted by atomic mass is 10.0. The van der Waals surface area contributed by atoms with Crippen molar-refractivity contribution in [2.24, 2.45) is 0 Å². The monoisotopic (exact) mass is 423 g/mol. The minimum absolute atomic E-state index is 0.104. The van der Waals surface area contributed by atoms with Crippen LogP contribution in [0, 0.1) is 5.82 Å². The molecule has 2 aromatic heterocycles. The van der Waals surface area contributed by atoms with Crippen LogP contribution < -0.4 is 9.47 Å². The Balaban J connectivity index is 1.61. The lowest BCUT2D eigenvalue weighted by molar-refractivity contribution is 0.153. The molecule has 31 heavy (non-hydrogen) atoms. The molecular weight excluding hydrogens is 407 g/mol. The van der Waals surface area contributed by atoms with Crippen molar-refractivity contribution in [3.63, 3.8) is 0 Å². The number of hydrogen-bond donors (Lipinski definition) is 0. The van der Waals surface area contributed by atoms with E-state index in [1.165, 1.54) is 22.9 Å². The normalized spacial score (nSPS) is 15.2. The molecule has 0 saturated heterocycles. The minimum atomic E-state index is -2.69. The largest absolute Gasteiger partial charge is 0.454 e. The van der Waals surface area contributed by atoms with Crippen molar-refractivity contribution >= 4 is 11.0 Å². The average molecular weight is 423 g/mol. The van der Waals surface area contributed by atoms with Crippen LogP contribution >= 0.6 is 0 Å². The Bertz CT molecular complexity index is 1310. The molecule has 0 amide bonds. The number of alkyl halides is 2. The van der Waals surface area contributed by atoms with E-state index in [2.05, 4.69) is 5.10 Å². The Kier molecular flexibility index (Phi) is 3.96. The fraction of sp³-hybridized carbons (Fsp3) is 0.217. The Labute approximate surface area is 175 Å². The Morgan fingerprint density at radius 1 is 0.968 bits per heavy atom. The number of hydrogen-bond acceptors (Lipinski definition) is 4. The quantitative estimate of drug-likeness (QED) is 0.418. The van der Waals surface area contributed by atoms with Crippen molar-refractivity contribution in [3.8, 4) is 28.4 Å². The van der Waals surface area contributed by atoms with Gasteiger partial charge in [-0.2, -0.15) is 5.10 Å². The Morgan fingerprint density at radius 3 is 2.48 bits per heavy atom. The molecule has 1 fully saturated rings. The molecule has 2 aromatic carbocycles. The molecule has 4 aromatic rings. The lowest BCUT2D eigenvalue weighted by Gasteiger charge is -2.09. The van der Waals surface area contributed by atoms with Gasteiger partial charge in [0.05, 0.1) is 22.5 Å². The SMILES string of the molecule is Fc1ccc(-n2nc(C3CC3)c3c(C(F)F)cc(-c4ccc5c(c4)OCO5)nc32)cc1. The van der Waals surface area contributed by atoms with E-state index in [0.717, 1.165) is 12.8 Å². The molecule has 0 unspecified atom stereocenters. The highest BCUT2D eigenvalue weighted by Gasteiger charge is 2.33. The number of nitrogens with zero attached hydrogens (tertiary/aromatic N) is 3. The molecule has 6 rings (SSSR count). The third-order valence-corrected chi connectivity index (χ3v) is 5.63. The predicted molar refractivity (Wildman–Crippen MR) is 107 cm³/mol. The summed E-state index contributed by atoms with van der Waals surface area (Å²) in [4.78, 5) is 4.72. The molecule has 8 heteroatoms. The Hall–Kier alpha value is -3.55. The smallest absolute Gasteiger partial charge is 0.264 e. The number of pyridine rings is 1. The van der Waals surface area contributed by atoms with Gasteiger partial charge in [0, 0.05) is 17.0 Å². The first-order valence-electron chi connectivity index (χ1n) is 9.96. The van der Waals surface area contributed by atoms with Crippen LogP contribution in [-0.2, 0) is 0 Å². The van der Waals surface area contributed by atoms with Crippen molar-refractivity contribution in [2.75, 3.05) is 6.79 Å². The summed E-state index contributed by atoms with van der Waals surface area (Å²) >= 11 is 0. The summed E-state index contributed by atoms with van der Waals surface area (Å²) in [6, 6.07) is 12.4. The van der Waals surface area contributed by atoms with Gasteiger partial charge in [-0.25, -0.2) is 22.8 Å². The van der Waals surface area contributed by atoms with Crippen LogP contribution in [0.4, 0.5) is 13.2 Å². The molecule has 1 aliphatic heterocycles. The summed E-state index contributed by atoms with van der Waals surface area (Å²) in [5.74, 6) is 0.903. The summed E-state index contributed by atoms with van der Waals surface area (Å²) in [5, 5.41) is 5.02. The molecule has 2 aliphatic rings. The highest BCUT2D eigenvalue weighted by Crippen LogP contribution is 2.46. The molecule has 0 bridgehead atoms. The van der Waals surface area contributed by atoms with Crippen LogP contribution in [0.25, 0.3) is 28.0 Å². The topological polar surface area (TPSA) is 49.2 Å². The van der Waals surface area contributed by atoms with Crippen molar-refractivity contribution < 1.29 is 22.6 Å². The summed E-state index contributed by atoms with van der Waals surface area (Å²) < 4.78 is 54.1. The fourth-order valence-corrected chi connectivity index (χ4v) is 3.95.